The molecule has 1 saturated heterocycles. The minimum absolute atomic E-state index is 0.123. The molecule has 2 aliphatic rings. The number of amides is 1. The largest absolute Gasteiger partial charge is 0.396 e. The number of likely N-dealkylation sites (tertiary alicyclic amines) is 1. The fourth-order valence-electron chi connectivity index (χ4n) is 4.78. The maximum atomic E-state index is 13.6. The highest BCUT2D eigenvalue weighted by molar-refractivity contribution is 5.88. The molecule has 1 aromatic rings. The Labute approximate surface area is 151 Å². The van der Waals surface area contributed by atoms with Crippen molar-refractivity contribution in [1.29, 1.82) is 0 Å². The number of carbonyl (C=O) groups is 1. The van der Waals surface area contributed by atoms with Crippen LogP contribution in [0.5, 0.6) is 0 Å². The number of aliphatic hydroxyl groups is 1. The highest BCUT2D eigenvalue weighted by Crippen LogP contribution is 2.44. The fourth-order valence-corrected chi connectivity index (χ4v) is 4.78. The average molecular weight is 345 g/mol. The molecular weight excluding hydrogens is 314 g/mol. The molecule has 0 spiro atoms. The Hall–Kier alpha value is -1.39. The van der Waals surface area contributed by atoms with Crippen LogP contribution in [0.25, 0.3) is 0 Å². The van der Waals surface area contributed by atoms with Gasteiger partial charge in [-0.3, -0.25) is 4.79 Å². The van der Waals surface area contributed by atoms with Crippen LogP contribution in [0.3, 0.4) is 0 Å². The van der Waals surface area contributed by atoms with Gasteiger partial charge in [-0.1, -0.05) is 43.2 Å². The third kappa shape index (κ3) is 3.61. The zero-order valence-corrected chi connectivity index (χ0v) is 15.4. The van der Waals surface area contributed by atoms with Crippen LogP contribution in [0.4, 0.5) is 0 Å². The lowest BCUT2D eigenvalue weighted by Gasteiger charge is -2.45. The minimum atomic E-state index is -0.360. The van der Waals surface area contributed by atoms with Gasteiger partial charge in [-0.15, -0.1) is 0 Å². The quantitative estimate of drug-likeness (QED) is 0.862. The van der Waals surface area contributed by atoms with E-state index in [1.54, 1.807) is 7.11 Å². The van der Waals surface area contributed by atoms with Gasteiger partial charge in [-0.25, -0.2) is 0 Å². The van der Waals surface area contributed by atoms with Crippen molar-refractivity contribution in [2.75, 3.05) is 33.4 Å². The van der Waals surface area contributed by atoms with Crippen molar-refractivity contribution in [3.8, 4) is 0 Å². The molecule has 1 atom stereocenters. The molecule has 138 valence electrons. The lowest BCUT2D eigenvalue weighted by atomic mass is 9.74. The molecule has 0 aromatic heterocycles. The summed E-state index contributed by atoms with van der Waals surface area (Å²) < 4.78 is 5.24. The number of benzene rings is 1. The lowest BCUT2D eigenvalue weighted by Crippen LogP contribution is -2.53. The Morgan fingerprint density at radius 1 is 1.16 bits per heavy atom. The van der Waals surface area contributed by atoms with Gasteiger partial charge < -0.3 is 14.7 Å². The van der Waals surface area contributed by atoms with E-state index in [4.69, 9.17) is 4.74 Å². The number of rotatable bonds is 6. The number of hydrogen-bond acceptors (Lipinski definition) is 3. The number of methoxy groups -OCH3 is 1. The standard InChI is InChI=1S/C21H31NO3/c1-25-15-13-20(17-23)10-7-14-22(16-20)19(24)21(11-5-6-12-21)18-8-3-2-4-9-18/h2-4,8-9,23H,5-7,10-17H2,1H3. The van der Waals surface area contributed by atoms with Gasteiger partial charge in [-0.05, 0) is 37.7 Å². The molecule has 1 aliphatic carbocycles. The molecule has 0 radical (unpaired) electrons. The molecule has 1 aliphatic heterocycles. The average Bonchev–Trinajstić information content (AvgIpc) is 3.18. The Morgan fingerprint density at radius 3 is 2.52 bits per heavy atom. The topological polar surface area (TPSA) is 49.8 Å². The Balaban J connectivity index is 1.83. The summed E-state index contributed by atoms with van der Waals surface area (Å²) >= 11 is 0. The molecule has 2 fully saturated rings. The monoisotopic (exact) mass is 345 g/mol. The van der Waals surface area contributed by atoms with E-state index in [1.807, 2.05) is 23.1 Å². The van der Waals surface area contributed by atoms with Gasteiger partial charge >= 0.3 is 0 Å². The summed E-state index contributed by atoms with van der Waals surface area (Å²) in [6.45, 7) is 2.22. The second-order valence-electron chi connectivity index (χ2n) is 7.89. The number of ether oxygens (including phenoxy) is 1. The summed E-state index contributed by atoms with van der Waals surface area (Å²) in [6.07, 6.45) is 6.84. The van der Waals surface area contributed by atoms with Crippen molar-refractivity contribution in [1.82, 2.24) is 4.90 Å². The normalized spacial score (nSPS) is 25.9. The van der Waals surface area contributed by atoms with Crippen LogP contribution in [0.1, 0.15) is 50.5 Å². The zero-order valence-electron chi connectivity index (χ0n) is 15.4. The second-order valence-corrected chi connectivity index (χ2v) is 7.89. The van der Waals surface area contributed by atoms with E-state index in [1.165, 1.54) is 0 Å². The summed E-state index contributed by atoms with van der Waals surface area (Å²) in [6, 6.07) is 10.3. The van der Waals surface area contributed by atoms with Crippen LogP contribution < -0.4 is 0 Å². The minimum Gasteiger partial charge on any atom is -0.396 e. The molecule has 4 heteroatoms. The molecule has 0 bridgehead atoms. The van der Waals surface area contributed by atoms with E-state index in [2.05, 4.69) is 12.1 Å². The molecule has 4 nitrogen and oxygen atoms in total. The summed E-state index contributed by atoms with van der Waals surface area (Å²) in [5.74, 6) is 0.270. The SMILES string of the molecule is COCCC1(CO)CCCN(C(=O)C2(c3ccccc3)CCCC2)C1. The van der Waals surface area contributed by atoms with E-state index in [9.17, 15) is 9.90 Å². The van der Waals surface area contributed by atoms with E-state index in [-0.39, 0.29) is 23.3 Å². The van der Waals surface area contributed by atoms with Gasteiger partial charge in [-0.2, -0.15) is 0 Å². The van der Waals surface area contributed by atoms with Crippen molar-refractivity contribution in [3.63, 3.8) is 0 Å². The molecule has 1 heterocycles. The van der Waals surface area contributed by atoms with Crippen LogP contribution >= 0.6 is 0 Å². The summed E-state index contributed by atoms with van der Waals surface area (Å²) in [4.78, 5) is 15.6. The maximum absolute atomic E-state index is 13.6. The molecule has 1 unspecified atom stereocenters. The fraction of sp³-hybridized carbons (Fsp3) is 0.667. The zero-order chi connectivity index (χ0) is 17.8. The van der Waals surface area contributed by atoms with Crippen molar-refractivity contribution in [3.05, 3.63) is 35.9 Å². The second kappa shape index (κ2) is 7.88. The van der Waals surface area contributed by atoms with E-state index >= 15 is 0 Å². The third-order valence-corrected chi connectivity index (χ3v) is 6.31. The van der Waals surface area contributed by atoms with Crippen molar-refractivity contribution in [2.24, 2.45) is 5.41 Å². The molecule has 1 aromatic carbocycles. The lowest BCUT2D eigenvalue weighted by molar-refractivity contribution is -0.142. The van der Waals surface area contributed by atoms with Gasteiger partial charge in [0.15, 0.2) is 0 Å². The summed E-state index contributed by atoms with van der Waals surface area (Å²) in [5.41, 5.74) is 0.594. The number of nitrogens with zero attached hydrogens (tertiary/aromatic N) is 1. The molecule has 1 N–H and O–H groups in total. The first kappa shape index (κ1) is 18.4. The van der Waals surface area contributed by atoms with E-state index < -0.39 is 0 Å². The van der Waals surface area contributed by atoms with Gasteiger partial charge in [0.2, 0.25) is 5.91 Å². The van der Waals surface area contributed by atoms with Crippen LogP contribution in [0.15, 0.2) is 30.3 Å². The van der Waals surface area contributed by atoms with Crippen LogP contribution in [-0.2, 0) is 14.9 Å². The van der Waals surface area contributed by atoms with Gasteiger partial charge in [0.1, 0.15) is 0 Å². The van der Waals surface area contributed by atoms with Gasteiger partial charge in [0.25, 0.3) is 0 Å². The number of piperidine rings is 1. The molecule has 25 heavy (non-hydrogen) atoms. The number of hydrogen-bond donors (Lipinski definition) is 1. The van der Waals surface area contributed by atoms with Crippen LogP contribution in [-0.4, -0.2) is 49.3 Å². The van der Waals surface area contributed by atoms with Gasteiger partial charge in [0.05, 0.1) is 12.0 Å². The summed E-state index contributed by atoms with van der Waals surface area (Å²) in [5, 5.41) is 10.0. The Morgan fingerprint density at radius 2 is 1.88 bits per heavy atom. The van der Waals surface area contributed by atoms with Gasteiger partial charge in [0, 0.05) is 32.2 Å². The molecular formula is C21H31NO3. The van der Waals surface area contributed by atoms with Crippen LogP contribution in [0.2, 0.25) is 0 Å². The highest BCUT2D eigenvalue weighted by Gasteiger charge is 2.47. The van der Waals surface area contributed by atoms with E-state index in [0.29, 0.717) is 13.2 Å². The Bertz CT molecular complexity index is 568. The predicted molar refractivity (Wildman–Crippen MR) is 98.4 cm³/mol. The highest BCUT2D eigenvalue weighted by atomic mass is 16.5. The van der Waals surface area contributed by atoms with Crippen LogP contribution in [0, 0.1) is 5.41 Å². The number of carbonyl (C=O) groups excluding carboxylic acids is 1. The smallest absolute Gasteiger partial charge is 0.233 e. The molecule has 1 amide bonds. The predicted octanol–water partition coefficient (Wildman–Crippen LogP) is 3.14. The van der Waals surface area contributed by atoms with Crippen molar-refractivity contribution >= 4 is 5.91 Å². The first-order chi connectivity index (χ1) is 12.2. The van der Waals surface area contributed by atoms with Crippen molar-refractivity contribution in [2.45, 2.75) is 50.4 Å². The maximum Gasteiger partial charge on any atom is 0.233 e. The Kier molecular flexibility index (Phi) is 5.80. The molecule has 1 saturated carbocycles. The number of aliphatic hydroxyl groups excluding tert-OH is 1. The summed E-state index contributed by atoms with van der Waals surface area (Å²) in [7, 11) is 1.69. The first-order valence-corrected chi connectivity index (χ1v) is 9.61. The van der Waals surface area contributed by atoms with Crippen molar-refractivity contribution < 1.29 is 14.6 Å². The third-order valence-electron chi connectivity index (χ3n) is 6.31. The first-order valence-electron chi connectivity index (χ1n) is 9.61. The van der Waals surface area contributed by atoms with E-state index in [0.717, 1.165) is 57.1 Å². The molecule has 3 rings (SSSR count).